The Balaban J connectivity index is 1.68. The van der Waals surface area contributed by atoms with Crippen LogP contribution in [0.5, 0.6) is 11.5 Å². The van der Waals surface area contributed by atoms with Gasteiger partial charge in [0.2, 0.25) is 6.79 Å². The van der Waals surface area contributed by atoms with E-state index in [9.17, 15) is 0 Å². The molecule has 0 saturated carbocycles. The van der Waals surface area contributed by atoms with E-state index in [0.717, 1.165) is 17.2 Å². The molecule has 1 fully saturated rings. The average molecular weight is 353 g/mol. The highest BCUT2D eigenvalue weighted by Gasteiger charge is 2.54. The topological polar surface area (TPSA) is 40.2 Å². The van der Waals surface area contributed by atoms with Crippen molar-refractivity contribution in [1.82, 2.24) is 0 Å². The monoisotopic (exact) mass is 353 g/mol. The molecule has 5 nitrogen and oxygen atoms in total. The summed E-state index contributed by atoms with van der Waals surface area (Å²) in [5, 5.41) is 0. The molecule has 0 radical (unpaired) electrons. The van der Waals surface area contributed by atoms with Crippen molar-refractivity contribution < 1.29 is 18.8 Å². The lowest BCUT2D eigenvalue weighted by molar-refractivity contribution is 0.00578. The van der Waals surface area contributed by atoms with Crippen LogP contribution in [0.2, 0.25) is 0 Å². The summed E-state index contributed by atoms with van der Waals surface area (Å²) in [4.78, 5) is 2.12. The molecule has 0 aromatic heterocycles. The zero-order valence-electron chi connectivity index (χ0n) is 15.7. The standard InChI is InChI=1S/C20H24BNO4/c1-19(2)20(3,4)26-21(25-19)22(13-15-8-6-5-7-9-15)16-10-11-17-18(12-16)24-14-23-17/h5-12H,13-14H2,1-4H3. The third-order valence-electron chi connectivity index (χ3n) is 5.38. The molecule has 6 heteroatoms. The summed E-state index contributed by atoms with van der Waals surface area (Å²) >= 11 is 0. The van der Waals surface area contributed by atoms with E-state index in [4.69, 9.17) is 18.8 Å². The first kappa shape index (κ1) is 17.2. The van der Waals surface area contributed by atoms with Crippen molar-refractivity contribution in [2.24, 2.45) is 0 Å². The Labute approximate surface area is 155 Å². The van der Waals surface area contributed by atoms with Crippen LogP contribution in [0.25, 0.3) is 0 Å². The first-order valence-corrected chi connectivity index (χ1v) is 8.92. The molecule has 136 valence electrons. The van der Waals surface area contributed by atoms with Gasteiger partial charge in [-0.1, -0.05) is 30.3 Å². The Kier molecular flexibility index (Phi) is 4.12. The van der Waals surface area contributed by atoms with E-state index in [0.29, 0.717) is 6.54 Å². The maximum Gasteiger partial charge on any atom is 0.594 e. The highest BCUT2D eigenvalue weighted by molar-refractivity contribution is 6.50. The summed E-state index contributed by atoms with van der Waals surface area (Å²) in [6, 6.07) is 16.2. The minimum atomic E-state index is -0.486. The van der Waals surface area contributed by atoms with Crippen LogP contribution in [-0.4, -0.2) is 25.2 Å². The number of rotatable bonds is 4. The predicted octanol–water partition coefficient (Wildman–Crippen LogP) is 4.01. The third-order valence-corrected chi connectivity index (χ3v) is 5.38. The van der Waals surface area contributed by atoms with Gasteiger partial charge in [-0.05, 0) is 45.4 Å². The number of hydrogen-bond donors (Lipinski definition) is 0. The molecule has 0 bridgehead atoms. The number of hydrogen-bond acceptors (Lipinski definition) is 5. The summed E-state index contributed by atoms with van der Waals surface area (Å²) in [6.07, 6.45) is 0. The van der Waals surface area contributed by atoms with Crippen LogP contribution in [0.4, 0.5) is 5.69 Å². The minimum absolute atomic E-state index is 0.258. The van der Waals surface area contributed by atoms with E-state index in [1.807, 2.05) is 36.4 Å². The van der Waals surface area contributed by atoms with Gasteiger partial charge in [0.05, 0.1) is 11.2 Å². The quantitative estimate of drug-likeness (QED) is 0.777. The molecule has 0 amide bonds. The van der Waals surface area contributed by atoms with Gasteiger partial charge >= 0.3 is 7.25 Å². The van der Waals surface area contributed by atoms with Gasteiger partial charge in [0.15, 0.2) is 11.5 Å². The van der Waals surface area contributed by atoms with Crippen molar-refractivity contribution in [3.05, 3.63) is 54.1 Å². The highest BCUT2D eigenvalue weighted by atomic mass is 16.7. The summed E-state index contributed by atoms with van der Waals surface area (Å²) in [6.45, 7) is 9.17. The largest absolute Gasteiger partial charge is 0.594 e. The molecule has 0 unspecified atom stereocenters. The Morgan fingerprint density at radius 3 is 2.23 bits per heavy atom. The molecule has 0 spiro atoms. The normalized spacial score (nSPS) is 19.6. The second-order valence-electron chi connectivity index (χ2n) is 7.71. The van der Waals surface area contributed by atoms with Gasteiger partial charge in [0, 0.05) is 18.3 Å². The van der Waals surface area contributed by atoms with E-state index in [1.54, 1.807) is 0 Å². The molecule has 1 saturated heterocycles. The molecule has 0 aliphatic carbocycles. The molecular formula is C20H24BNO4. The molecule has 4 rings (SSSR count). The fraction of sp³-hybridized carbons (Fsp3) is 0.400. The first-order valence-electron chi connectivity index (χ1n) is 8.92. The molecule has 2 aliphatic rings. The average Bonchev–Trinajstić information content (AvgIpc) is 3.14. The van der Waals surface area contributed by atoms with Gasteiger partial charge in [-0.3, -0.25) is 0 Å². The van der Waals surface area contributed by atoms with Crippen LogP contribution in [0, 0.1) is 0 Å². The van der Waals surface area contributed by atoms with Gasteiger partial charge in [-0.15, -0.1) is 0 Å². The first-order chi connectivity index (χ1) is 12.4. The van der Waals surface area contributed by atoms with Crippen LogP contribution >= 0.6 is 0 Å². The lowest BCUT2D eigenvalue weighted by atomic mass is 9.90. The van der Waals surface area contributed by atoms with E-state index >= 15 is 0 Å². The lowest BCUT2D eigenvalue weighted by Gasteiger charge is -2.32. The molecule has 2 aliphatic heterocycles. The SMILES string of the molecule is CC1(C)OB(N(Cc2ccccc2)c2ccc3c(c2)OCO3)OC1(C)C. The molecule has 2 heterocycles. The minimum Gasteiger partial charge on any atom is -0.454 e. The number of ether oxygens (including phenoxy) is 2. The fourth-order valence-electron chi connectivity index (χ4n) is 3.07. The Morgan fingerprint density at radius 1 is 0.885 bits per heavy atom. The maximum absolute atomic E-state index is 6.30. The number of benzene rings is 2. The van der Waals surface area contributed by atoms with Crippen molar-refractivity contribution in [2.75, 3.05) is 11.6 Å². The van der Waals surface area contributed by atoms with Crippen molar-refractivity contribution in [3.63, 3.8) is 0 Å². The summed E-state index contributed by atoms with van der Waals surface area (Å²) < 4.78 is 23.6. The van der Waals surface area contributed by atoms with Gasteiger partial charge in [-0.25, -0.2) is 0 Å². The predicted molar refractivity (Wildman–Crippen MR) is 101 cm³/mol. The zero-order chi connectivity index (χ0) is 18.4. The smallest absolute Gasteiger partial charge is 0.454 e. The van der Waals surface area contributed by atoms with E-state index in [1.165, 1.54) is 5.56 Å². The van der Waals surface area contributed by atoms with Gasteiger partial charge in [0.1, 0.15) is 0 Å². The van der Waals surface area contributed by atoms with E-state index in [2.05, 4.69) is 44.6 Å². The Morgan fingerprint density at radius 2 is 1.54 bits per heavy atom. The summed E-state index contributed by atoms with van der Waals surface area (Å²) in [5.74, 6) is 1.51. The fourth-order valence-corrected chi connectivity index (χ4v) is 3.07. The molecule has 2 aromatic rings. The molecule has 2 aromatic carbocycles. The second-order valence-corrected chi connectivity index (χ2v) is 7.71. The highest BCUT2D eigenvalue weighted by Crippen LogP contribution is 2.41. The van der Waals surface area contributed by atoms with Crippen molar-refractivity contribution >= 4 is 12.9 Å². The Hall–Kier alpha value is -2.18. The number of fused-ring (bicyclic) bond motifs is 1. The van der Waals surface area contributed by atoms with E-state index in [-0.39, 0.29) is 6.79 Å². The third kappa shape index (κ3) is 3.04. The van der Waals surface area contributed by atoms with Crippen LogP contribution in [0.15, 0.2) is 48.5 Å². The maximum atomic E-state index is 6.30. The van der Waals surface area contributed by atoms with Crippen molar-refractivity contribution in [2.45, 2.75) is 45.4 Å². The van der Waals surface area contributed by atoms with E-state index < -0.39 is 18.5 Å². The van der Waals surface area contributed by atoms with Crippen LogP contribution < -0.4 is 14.3 Å². The Bertz CT molecular complexity index is 778. The number of nitrogens with zero attached hydrogens (tertiary/aromatic N) is 1. The van der Waals surface area contributed by atoms with Crippen molar-refractivity contribution in [1.29, 1.82) is 0 Å². The van der Waals surface area contributed by atoms with Crippen LogP contribution in [0.1, 0.15) is 33.3 Å². The summed E-state index contributed by atoms with van der Waals surface area (Å²) in [7, 11) is -0.486. The van der Waals surface area contributed by atoms with Crippen molar-refractivity contribution in [3.8, 4) is 11.5 Å². The van der Waals surface area contributed by atoms with Gasteiger partial charge in [0.25, 0.3) is 0 Å². The number of anilines is 1. The molecule has 0 atom stereocenters. The van der Waals surface area contributed by atoms with Crippen LogP contribution in [0.3, 0.4) is 0 Å². The molecular weight excluding hydrogens is 329 g/mol. The second kappa shape index (κ2) is 6.22. The zero-order valence-corrected chi connectivity index (χ0v) is 15.7. The van der Waals surface area contributed by atoms with Crippen LogP contribution in [-0.2, 0) is 15.9 Å². The van der Waals surface area contributed by atoms with Gasteiger partial charge < -0.3 is 23.6 Å². The lowest BCUT2D eigenvalue weighted by Crippen LogP contribution is -2.42. The molecule has 0 N–H and O–H groups in total. The molecule has 26 heavy (non-hydrogen) atoms. The summed E-state index contributed by atoms with van der Waals surface area (Å²) in [5.41, 5.74) is 1.35. The van der Waals surface area contributed by atoms with Gasteiger partial charge in [-0.2, -0.15) is 0 Å².